The fourth-order valence-corrected chi connectivity index (χ4v) is 3.19. The number of hydrogen-bond acceptors (Lipinski definition) is 2. The molecule has 104 valence electrons. The van der Waals surface area contributed by atoms with Crippen LogP contribution in [0.25, 0.3) is 0 Å². The average Bonchev–Trinajstić information content (AvgIpc) is 2.58. The minimum atomic E-state index is -0.0648. The molecule has 4 unspecified atom stereocenters. The Kier molecular flexibility index (Phi) is 4.54. The van der Waals surface area contributed by atoms with E-state index in [1.807, 2.05) is 13.8 Å². The van der Waals surface area contributed by atoms with Crippen molar-refractivity contribution in [2.24, 2.45) is 11.8 Å². The van der Waals surface area contributed by atoms with Crippen molar-refractivity contribution in [3.8, 4) is 0 Å². The molecule has 1 heterocycles. The van der Waals surface area contributed by atoms with Gasteiger partial charge in [-0.2, -0.15) is 0 Å². The fourth-order valence-electron chi connectivity index (χ4n) is 2.81. The van der Waals surface area contributed by atoms with Crippen LogP contribution in [0.2, 0.25) is 10.0 Å². The molecule has 0 aromatic heterocycles. The molecule has 4 atom stereocenters. The SMILES string of the molecule is CC1OC(C)C(C(=O)Cc2cc(Cl)ccc2Cl)C1C. The molecule has 0 saturated carbocycles. The summed E-state index contributed by atoms with van der Waals surface area (Å²) in [6, 6.07) is 5.22. The third-order valence-corrected chi connectivity index (χ3v) is 4.59. The van der Waals surface area contributed by atoms with Gasteiger partial charge in [-0.25, -0.2) is 0 Å². The number of hydrogen-bond donors (Lipinski definition) is 0. The molecule has 0 N–H and O–H groups in total. The van der Waals surface area contributed by atoms with E-state index in [-0.39, 0.29) is 29.8 Å². The van der Waals surface area contributed by atoms with Crippen LogP contribution in [0.5, 0.6) is 0 Å². The minimum absolute atomic E-state index is 0.0320. The van der Waals surface area contributed by atoms with Crippen molar-refractivity contribution in [1.29, 1.82) is 0 Å². The van der Waals surface area contributed by atoms with Crippen LogP contribution in [0, 0.1) is 11.8 Å². The molecule has 1 aliphatic rings. The second kappa shape index (κ2) is 5.82. The van der Waals surface area contributed by atoms with Crippen LogP contribution < -0.4 is 0 Å². The summed E-state index contributed by atoms with van der Waals surface area (Å²) in [5.74, 6) is 0.346. The third-order valence-electron chi connectivity index (χ3n) is 3.99. The maximum Gasteiger partial charge on any atom is 0.143 e. The zero-order valence-corrected chi connectivity index (χ0v) is 12.8. The Morgan fingerprint density at radius 3 is 2.47 bits per heavy atom. The zero-order chi connectivity index (χ0) is 14.2. The zero-order valence-electron chi connectivity index (χ0n) is 11.3. The van der Waals surface area contributed by atoms with Gasteiger partial charge in [0.2, 0.25) is 0 Å². The molecule has 1 aliphatic heterocycles. The molecule has 0 bridgehead atoms. The molecule has 0 radical (unpaired) electrons. The summed E-state index contributed by atoms with van der Waals surface area (Å²) in [7, 11) is 0. The van der Waals surface area contributed by atoms with E-state index in [9.17, 15) is 4.79 Å². The molecule has 2 nitrogen and oxygen atoms in total. The molecule has 4 heteroatoms. The standard InChI is InChI=1S/C15H18Cl2O2/c1-8-9(2)19-10(3)15(8)14(18)7-11-6-12(16)4-5-13(11)17/h4-6,8-10,15H,7H2,1-3H3. The largest absolute Gasteiger partial charge is 0.375 e. The van der Waals surface area contributed by atoms with E-state index in [1.54, 1.807) is 18.2 Å². The quantitative estimate of drug-likeness (QED) is 0.837. The Labute approximate surface area is 124 Å². The van der Waals surface area contributed by atoms with Gasteiger partial charge in [-0.15, -0.1) is 0 Å². The van der Waals surface area contributed by atoms with Gasteiger partial charge in [0.15, 0.2) is 0 Å². The number of rotatable bonds is 3. The van der Waals surface area contributed by atoms with Crippen LogP contribution in [0.1, 0.15) is 26.3 Å². The van der Waals surface area contributed by atoms with Gasteiger partial charge in [0, 0.05) is 22.4 Å². The fraction of sp³-hybridized carbons (Fsp3) is 0.533. The predicted octanol–water partition coefficient (Wildman–Crippen LogP) is 4.16. The summed E-state index contributed by atoms with van der Waals surface area (Å²) < 4.78 is 5.72. The van der Waals surface area contributed by atoms with E-state index in [0.717, 1.165) is 5.56 Å². The smallest absolute Gasteiger partial charge is 0.143 e. The topological polar surface area (TPSA) is 26.3 Å². The second-order valence-corrected chi connectivity index (χ2v) is 6.15. The van der Waals surface area contributed by atoms with E-state index < -0.39 is 0 Å². The number of carbonyl (C=O) groups is 1. The molecule has 19 heavy (non-hydrogen) atoms. The normalized spacial score (nSPS) is 30.6. The molecule has 1 aromatic carbocycles. The maximum absolute atomic E-state index is 12.5. The van der Waals surface area contributed by atoms with E-state index in [1.165, 1.54) is 0 Å². The van der Waals surface area contributed by atoms with Crippen molar-refractivity contribution in [3.63, 3.8) is 0 Å². The monoisotopic (exact) mass is 300 g/mol. The molecule has 0 spiro atoms. The molecule has 1 fully saturated rings. The highest BCUT2D eigenvalue weighted by atomic mass is 35.5. The van der Waals surface area contributed by atoms with Crippen LogP contribution in [0.3, 0.4) is 0 Å². The van der Waals surface area contributed by atoms with Crippen LogP contribution >= 0.6 is 23.2 Å². The van der Waals surface area contributed by atoms with Crippen LogP contribution in [0.15, 0.2) is 18.2 Å². The van der Waals surface area contributed by atoms with Crippen molar-refractivity contribution in [1.82, 2.24) is 0 Å². The first-order chi connectivity index (χ1) is 8.90. The first-order valence-corrected chi connectivity index (χ1v) is 7.28. The lowest BCUT2D eigenvalue weighted by Crippen LogP contribution is -2.28. The number of benzene rings is 1. The van der Waals surface area contributed by atoms with Crippen LogP contribution in [-0.2, 0) is 16.0 Å². The molecular weight excluding hydrogens is 283 g/mol. The lowest BCUT2D eigenvalue weighted by atomic mass is 9.84. The van der Waals surface area contributed by atoms with E-state index >= 15 is 0 Å². The molecule has 0 amide bonds. The van der Waals surface area contributed by atoms with Gasteiger partial charge < -0.3 is 4.74 Å². The summed E-state index contributed by atoms with van der Waals surface area (Å²) in [6.45, 7) is 6.04. The molecule has 2 rings (SSSR count). The van der Waals surface area contributed by atoms with Crippen molar-refractivity contribution in [3.05, 3.63) is 33.8 Å². The highest BCUT2D eigenvalue weighted by Gasteiger charge is 2.41. The Hall–Kier alpha value is -0.570. The van der Waals surface area contributed by atoms with E-state index in [2.05, 4.69) is 6.92 Å². The molecule has 0 aliphatic carbocycles. The number of carbonyl (C=O) groups excluding carboxylic acids is 1. The van der Waals surface area contributed by atoms with Crippen molar-refractivity contribution in [2.45, 2.75) is 39.4 Å². The lowest BCUT2D eigenvalue weighted by molar-refractivity contribution is -0.124. The van der Waals surface area contributed by atoms with Gasteiger partial charge >= 0.3 is 0 Å². The summed E-state index contributed by atoms with van der Waals surface area (Å²) >= 11 is 12.1. The maximum atomic E-state index is 12.5. The van der Waals surface area contributed by atoms with E-state index in [0.29, 0.717) is 16.5 Å². The summed E-state index contributed by atoms with van der Waals surface area (Å²) in [6.07, 6.45) is 0.406. The summed E-state index contributed by atoms with van der Waals surface area (Å²) in [5, 5.41) is 1.19. The first kappa shape index (κ1) is 14.8. The third kappa shape index (κ3) is 3.13. The first-order valence-electron chi connectivity index (χ1n) is 6.52. The average molecular weight is 301 g/mol. The Morgan fingerprint density at radius 1 is 1.21 bits per heavy atom. The second-order valence-electron chi connectivity index (χ2n) is 5.31. The van der Waals surface area contributed by atoms with E-state index in [4.69, 9.17) is 27.9 Å². The van der Waals surface area contributed by atoms with Gasteiger partial charge in [-0.3, -0.25) is 4.79 Å². The summed E-state index contributed by atoms with van der Waals surface area (Å²) in [4.78, 5) is 12.5. The van der Waals surface area contributed by atoms with Gasteiger partial charge in [0.05, 0.1) is 12.2 Å². The molecule has 1 saturated heterocycles. The number of ether oxygens (including phenoxy) is 1. The summed E-state index contributed by atoms with van der Waals surface area (Å²) in [5.41, 5.74) is 0.790. The lowest BCUT2D eigenvalue weighted by Gasteiger charge is -2.17. The van der Waals surface area contributed by atoms with Gasteiger partial charge in [0.1, 0.15) is 5.78 Å². The van der Waals surface area contributed by atoms with Crippen molar-refractivity contribution < 1.29 is 9.53 Å². The van der Waals surface area contributed by atoms with Gasteiger partial charge in [-0.05, 0) is 43.5 Å². The Bertz CT molecular complexity index is 487. The Balaban J connectivity index is 2.15. The highest BCUT2D eigenvalue weighted by Crippen LogP contribution is 2.34. The predicted molar refractivity (Wildman–Crippen MR) is 77.8 cm³/mol. The number of halogens is 2. The number of Topliss-reactive ketones (excluding diaryl/α,β-unsaturated/α-hetero) is 1. The molecular formula is C15H18Cl2O2. The highest BCUT2D eigenvalue weighted by molar-refractivity contribution is 6.33. The minimum Gasteiger partial charge on any atom is -0.375 e. The Morgan fingerprint density at radius 2 is 1.89 bits per heavy atom. The van der Waals surface area contributed by atoms with Gasteiger partial charge in [-0.1, -0.05) is 30.1 Å². The van der Waals surface area contributed by atoms with Crippen molar-refractivity contribution >= 4 is 29.0 Å². The van der Waals surface area contributed by atoms with Crippen molar-refractivity contribution in [2.75, 3.05) is 0 Å². The van der Waals surface area contributed by atoms with Crippen LogP contribution in [0.4, 0.5) is 0 Å². The van der Waals surface area contributed by atoms with Crippen LogP contribution in [-0.4, -0.2) is 18.0 Å². The van der Waals surface area contributed by atoms with Gasteiger partial charge in [0.25, 0.3) is 0 Å². The number of ketones is 1. The molecule has 1 aromatic rings.